The van der Waals surface area contributed by atoms with Gasteiger partial charge in [0.1, 0.15) is 0 Å². The summed E-state index contributed by atoms with van der Waals surface area (Å²) in [7, 11) is 0. The van der Waals surface area contributed by atoms with Crippen LogP contribution in [0.2, 0.25) is 0 Å². The van der Waals surface area contributed by atoms with Crippen molar-refractivity contribution < 1.29 is 18.6 Å². The van der Waals surface area contributed by atoms with Crippen LogP contribution in [0.15, 0.2) is 0 Å². The average Bonchev–Trinajstić information content (AvgIpc) is 2.96. The van der Waals surface area contributed by atoms with Gasteiger partial charge in [-0.25, -0.2) is 0 Å². The maximum absolute atomic E-state index is 3.16. The molecule has 0 aromatic heterocycles. The second-order valence-corrected chi connectivity index (χ2v) is 16.5. The Morgan fingerprint density at radius 3 is 0.575 bits per heavy atom. The third-order valence-corrected chi connectivity index (χ3v) is 13.3. The summed E-state index contributed by atoms with van der Waals surface area (Å²) < 4.78 is 9.47. The van der Waals surface area contributed by atoms with Crippen LogP contribution in [0.3, 0.4) is 0 Å². The van der Waals surface area contributed by atoms with E-state index in [1.165, 1.54) is 193 Å². The van der Waals surface area contributed by atoms with Gasteiger partial charge in [0.25, 0.3) is 0 Å². The molecule has 4 heteroatoms. The summed E-state index contributed by atoms with van der Waals surface area (Å²) in [6.07, 6.45) is 33.6. The fraction of sp³-hybridized carbons (Fsp3) is 1.00. The van der Waals surface area contributed by atoms with Crippen LogP contribution >= 0.6 is 0 Å². The van der Waals surface area contributed by atoms with Crippen LogP contribution < -0.4 is 0 Å². The molecule has 0 fully saturated rings. The number of hydrogen-bond acceptors (Lipinski definition) is 3. The molecule has 0 atom stereocenters. The molecule has 0 aliphatic rings. The number of unbranched alkanes of at least 4 members (excludes halogenated alkanes) is 18. The van der Waals surface area contributed by atoms with E-state index in [2.05, 4.69) is 51.7 Å². The summed E-state index contributed by atoms with van der Waals surface area (Å²) in [5.74, 6) is 0. The molecule has 3 nitrogen and oxygen atoms in total. The van der Waals surface area contributed by atoms with Crippen LogP contribution in [0.25, 0.3) is 0 Å². The minimum atomic E-state index is -1.77. The van der Waals surface area contributed by atoms with Crippen LogP contribution in [0.1, 0.15) is 196 Å². The summed E-state index contributed by atoms with van der Waals surface area (Å²) in [6.45, 7) is 22.4. The van der Waals surface area contributed by atoms with E-state index in [9.17, 15) is 0 Å². The molecular weight excluding hydrogens is 522 g/mol. The van der Waals surface area contributed by atoms with Crippen molar-refractivity contribution in [2.75, 3.05) is 39.3 Å². The van der Waals surface area contributed by atoms with Crippen molar-refractivity contribution in [2.45, 2.75) is 196 Å². The van der Waals surface area contributed by atoms with Crippen molar-refractivity contribution in [3.8, 4) is 0 Å². The monoisotopic (exact) mass is 601 g/mol. The van der Waals surface area contributed by atoms with Crippen LogP contribution in [0, 0.1) is 0 Å². The Morgan fingerprint density at radius 2 is 0.425 bits per heavy atom. The summed E-state index contributed by atoms with van der Waals surface area (Å²) in [5.41, 5.74) is 0. The molecule has 0 saturated carbocycles. The predicted molar refractivity (Wildman–Crippen MR) is 180 cm³/mol. The van der Waals surface area contributed by atoms with Gasteiger partial charge in [-0.05, 0) is 0 Å². The third-order valence-electron chi connectivity index (χ3n) is 8.54. The van der Waals surface area contributed by atoms with E-state index in [0.29, 0.717) is 0 Å². The molecule has 0 saturated heterocycles. The fourth-order valence-corrected chi connectivity index (χ4v) is 11.1. The molecule has 0 spiro atoms. The molecule has 0 bridgehead atoms. The minimum absolute atomic E-state index is 1.35. The molecule has 0 aromatic rings. The molecule has 241 valence electrons. The predicted octanol–water partition coefficient (Wildman–Crippen LogP) is 11.7. The summed E-state index contributed by atoms with van der Waals surface area (Å²) in [6, 6.07) is 0. The van der Waals surface area contributed by atoms with E-state index in [0.717, 1.165) is 0 Å². The molecule has 0 rings (SSSR count). The first kappa shape index (κ1) is 40.6. The standard InChI is InChI=1S/3C12H26N.Ti/c3*1-3-5-7-9-11-13-12-10-8-6-4-2;/h3*3-12H2,1-2H3;/q3*-1;+3. The fourth-order valence-electron chi connectivity index (χ4n) is 5.91. The number of rotatable bonds is 33. The second kappa shape index (κ2) is 32.5. The molecule has 0 aromatic carbocycles. The average molecular weight is 601 g/mol. The quantitative estimate of drug-likeness (QED) is 0.0548. The van der Waals surface area contributed by atoms with Crippen molar-refractivity contribution in [2.24, 2.45) is 0 Å². The topological polar surface area (TPSA) is 9.72 Å². The van der Waals surface area contributed by atoms with Gasteiger partial charge in [-0.3, -0.25) is 0 Å². The molecular formula is C36H78N3Ti. The molecule has 0 radical (unpaired) electrons. The van der Waals surface area contributed by atoms with Gasteiger partial charge in [-0.15, -0.1) is 0 Å². The normalized spacial score (nSPS) is 11.9. The van der Waals surface area contributed by atoms with Crippen LogP contribution in [-0.2, 0) is 18.6 Å². The van der Waals surface area contributed by atoms with Gasteiger partial charge < -0.3 is 0 Å². The zero-order chi connectivity index (χ0) is 29.5. The Bertz CT molecular complexity index is 372. The van der Waals surface area contributed by atoms with Gasteiger partial charge in [0.15, 0.2) is 0 Å². The Morgan fingerprint density at radius 1 is 0.250 bits per heavy atom. The molecule has 0 heterocycles. The maximum atomic E-state index is 3.16. The van der Waals surface area contributed by atoms with E-state index in [4.69, 9.17) is 0 Å². The van der Waals surface area contributed by atoms with Crippen molar-refractivity contribution in [3.63, 3.8) is 0 Å². The van der Waals surface area contributed by atoms with E-state index in [-0.39, 0.29) is 0 Å². The Hall–Kier alpha value is 0.594. The molecule has 40 heavy (non-hydrogen) atoms. The molecule has 0 aliphatic carbocycles. The van der Waals surface area contributed by atoms with Crippen molar-refractivity contribution in [1.29, 1.82) is 0 Å². The number of nitrogens with zero attached hydrogens (tertiary/aromatic N) is 3. The Kier molecular flexibility index (Phi) is 33.0. The van der Waals surface area contributed by atoms with Crippen LogP contribution in [-0.4, -0.2) is 49.4 Å². The second-order valence-electron chi connectivity index (χ2n) is 12.6. The van der Waals surface area contributed by atoms with Gasteiger partial charge in [0.2, 0.25) is 0 Å². The van der Waals surface area contributed by atoms with E-state index in [1.54, 1.807) is 0 Å². The molecule has 0 N–H and O–H groups in total. The first-order chi connectivity index (χ1) is 19.7. The summed E-state index contributed by atoms with van der Waals surface area (Å²) in [4.78, 5) is 0. The SMILES string of the molecule is CCCCCC[N](CCCCCC)[Ti]([N](CCCCCC)CCCCCC)[N](CCCCCC)CCCCCC. The van der Waals surface area contributed by atoms with Crippen molar-refractivity contribution in [3.05, 3.63) is 0 Å². The Labute approximate surface area is 262 Å². The Balaban J connectivity index is 6.08. The van der Waals surface area contributed by atoms with Gasteiger partial charge in [0, 0.05) is 0 Å². The molecule has 0 aliphatic heterocycles. The van der Waals surface area contributed by atoms with Crippen LogP contribution in [0.5, 0.6) is 0 Å². The van der Waals surface area contributed by atoms with Crippen molar-refractivity contribution >= 4 is 0 Å². The van der Waals surface area contributed by atoms with E-state index >= 15 is 0 Å². The van der Waals surface area contributed by atoms with Gasteiger partial charge in [0.05, 0.1) is 0 Å². The van der Waals surface area contributed by atoms with Crippen molar-refractivity contribution in [1.82, 2.24) is 10.1 Å². The first-order valence-corrected chi connectivity index (χ1v) is 20.9. The zero-order valence-corrected chi connectivity index (χ0v) is 30.6. The van der Waals surface area contributed by atoms with Gasteiger partial charge in [-0.2, -0.15) is 0 Å². The number of hydrogen-bond donors (Lipinski definition) is 0. The van der Waals surface area contributed by atoms with Gasteiger partial charge in [-0.1, -0.05) is 0 Å². The van der Waals surface area contributed by atoms with Crippen LogP contribution in [0.4, 0.5) is 0 Å². The molecule has 0 amide bonds. The van der Waals surface area contributed by atoms with E-state index in [1.807, 2.05) is 0 Å². The molecule has 0 unspecified atom stereocenters. The summed E-state index contributed by atoms with van der Waals surface area (Å²) >= 11 is -1.77. The first-order valence-electron chi connectivity index (χ1n) is 18.8. The third kappa shape index (κ3) is 23.1. The summed E-state index contributed by atoms with van der Waals surface area (Å²) in [5, 5.41) is 0. The van der Waals surface area contributed by atoms with Gasteiger partial charge >= 0.3 is 264 Å². The zero-order valence-electron chi connectivity index (χ0n) is 29.1. The van der Waals surface area contributed by atoms with E-state index < -0.39 is 18.6 Å².